The molecule has 28 heteroatoms. The number of carbonyl (C=O) groups is 1. The van der Waals surface area contributed by atoms with Crippen LogP contribution in [0, 0.1) is 0 Å². The van der Waals surface area contributed by atoms with E-state index in [1.807, 2.05) is 24.3 Å². The van der Waals surface area contributed by atoms with Crippen LogP contribution >= 0.6 is 0 Å². The first-order valence-corrected chi connectivity index (χ1v) is 16.4. The summed E-state index contributed by atoms with van der Waals surface area (Å²) in [4.78, 5) is 24.9. The molecule has 0 amide bonds. The maximum absolute atomic E-state index is 13.3. The zero-order valence-electron chi connectivity index (χ0n) is 28.4. The minimum absolute atomic E-state index is 0.239. The standard InChI is InChI=1S/C21H15O2S.C12HF23O2/c22-21-14-12-16-11-13-19(15-20(16)23-21)24(17-7-3-1-4-8-17)18-9-5-2-6-10-18;13-2(14,1(36)37)3(15,16)4(17,18)5(19,20)6(21,22)7(23,24)8(25,26)9(27,28)10(29,30)11(31,32)12(33,34)35/h1-15H;(H,36,37)/q+1;/p-1. The first kappa shape index (κ1) is 50.4. The molecule has 4 rings (SSSR count). The average molecular weight is 945 g/mol. The van der Waals surface area contributed by atoms with Crippen molar-refractivity contribution in [1.82, 2.24) is 0 Å². The number of carboxylic acid groups (broad SMARTS) is 1. The Hall–Kier alpha value is -4.92. The number of hydrogen-bond acceptors (Lipinski definition) is 4. The quantitative estimate of drug-likeness (QED) is 0.0761. The lowest BCUT2D eigenvalue weighted by Crippen LogP contribution is -2.78. The molecule has 0 saturated carbocycles. The molecular formula is C33H15F23O4S. The Kier molecular flexibility index (Phi) is 13.0. The van der Waals surface area contributed by atoms with Gasteiger partial charge in [-0.05, 0) is 42.5 Å². The van der Waals surface area contributed by atoms with Crippen molar-refractivity contribution in [2.45, 2.75) is 80.1 Å². The maximum Gasteiger partial charge on any atom is 0.460 e. The van der Waals surface area contributed by atoms with Crippen LogP contribution in [0.5, 0.6) is 0 Å². The fourth-order valence-electron chi connectivity index (χ4n) is 4.57. The summed E-state index contributed by atoms with van der Waals surface area (Å²) in [5, 5.41) is 10.7. The largest absolute Gasteiger partial charge is 0.544 e. The van der Waals surface area contributed by atoms with E-state index in [9.17, 15) is 116 Å². The van der Waals surface area contributed by atoms with E-state index in [0.29, 0.717) is 5.58 Å². The lowest BCUT2D eigenvalue weighted by atomic mass is 9.85. The Morgan fingerprint density at radius 3 is 1.10 bits per heavy atom. The van der Waals surface area contributed by atoms with Crippen LogP contribution in [0.1, 0.15) is 0 Å². The lowest BCUT2D eigenvalue weighted by molar-refractivity contribution is -0.479. The molecule has 0 aliphatic carbocycles. The Balaban J connectivity index is 0.000000351. The molecule has 1 aromatic heterocycles. The number of carbonyl (C=O) groups excluding carboxylic acids is 1. The van der Waals surface area contributed by atoms with E-state index in [-0.39, 0.29) is 16.5 Å². The first-order valence-electron chi connectivity index (χ1n) is 15.2. The first-order chi connectivity index (χ1) is 27.3. The van der Waals surface area contributed by atoms with Crippen LogP contribution in [0.3, 0.4) is 0 Å². The van der Waals surface area contributed by atoms with Gasteiger partial charge in [-0.3, -0.25) is 0 Å². The van der Waals surface area contributed by atoms with Gasteiger partial charge in [0, 0.05) is 17.5 Å². The number of alkyl halides is 23. The third kappa shape index (κ3) is 7.80. The number of rotatable bonds is 13. The monoisotopic (exact) mass is 944 g/mol. The molecule has 0 aliphatic heterocycles. The van der Waals surface area contributed by atoms with E-state index < -0.39 is 71.4 Å². The summed E-state index contributed by atoms with van der Waals surface area (Å²) >= 11 is 0. The highest BCUT2D eigenvalue weighted by atomic mass is 32.2. The number of halogens is 23. The van der Waals surface area contributed by atoms with E-state index in [1.54, 1.807) is 6.07 Å². The fourth-order valence-corrected chi connectivity index (χ4v) is 6.68. The highest BCUT2D eigenvalue weighted by Gasteiger charge is 2.98. The minimum atomic E-state index is -9.52. The fraction of sp³-hybridized carbons (Fsp3) is 0.333. The van der Waals surface area contributed by atoms with Crippen LogP contribution < -0.4 is 10.7 Å². The zero-order chi connectivity index (χ0) is 47.4. The van der Waals surface area contributed by atoms with Gasteiger partial charge in [-0.2, -0.15) is 101 Å². The van der Waals surface area contributed by atoms with Crippen LogP contribution in [0.25, 0.3) is 11.0 Å². The van der Waals surface area contributed by atoms with Gasteiger partial charge in [0.2, 0.25) is 0 Å². The number of aliphatic carboxylic acids is 1. The molecule has 0 atom stereocenters. The maximum atomic E-state index is 13.3. The topological polar surface area (TPSA) is 70.3 Å². The summed E-state index contributed by atoms with van der Waals surface area (Å²) in [6, 6.07) is 30.2. The van der Waals surface area contributed by atoms with E-state index >= 15 is 0 Å². The molecule has 0 radical (unpaired) electrons. The van der Waals surface area contributed by atoms with Crippen molar-refractivity contribution < 1.29 is 115 Å². The van der Waals surface area contributed by atoms with Gasteiger partial charge in [0.25, 0.3) is 0 Å². The smallest absolute Gasteiger partial charge is 0.460 e. The highest BCUT2D eigenvalue weighted by molar-refractivity contribution is 7.97. The third-order valence-corrected chi connectivity index (χ3v) is 10.2. The molecule has 0 unspecified atom stereocenters. The van der Waals surface area contributed by atoms with Gasteiger partial charge >= 0.3 is 71.0 Å². The van der Waals surface area contributed by atoms with Crippen molar-refractivity contribution in [3.05, 3.63) is 101 Å². The second-order valence-electron chi connectivity index (χ2n) is 11.9. The third-order valence-electron chi connectivity index (χ3n) is 7.95. The van der Waals surface area contributed by atoms with Gasteiger partial charge in [-0.1, -0.05) is 36.4 Å². The van der Waals surface area contributed by atoms with Crippen LogP contribution in [0.4, 0.5) is 101 Å². The van der Waals surface area contributed by atoms with Gasteiger partial charge in [-0.25, -0.2) is 4.79 Å². The summed E-state index contributed by atoms with van der Waals surface area (Å²) in [7, 11) is -0.239. The molecule has 3 aromatic carbocycles. The SMILES string of the molecule is O=C([O-])C(F)(F)C(F)(F)C(F)(F)C(F)(F)C(F)(F)C(F)(F)C(F)(F)C(F)(F)C(F)(F)C(F)(F)C(F)(F)F.O=c1ccc2ccc([S+](c3ccccc3)c3ccccc3)cc2o1. The molecule has 4 nitrogen and oxygen atoms in total. The molecule has 338 valence electrons. The minimum Gasteiger partial charge on any atom is -0.544 e. The molecule has 4 aromatic rings. The molecule has 0 bridgehead atoms. The predicted octanol–water partition coefficient (Wildman–Crippen LogP) is 10.5. The van der Waals surface area contributed by atoms with Crippen molar-refractivity contribution in [1.29, 1.82) is 0 Å². The van der Waals surface area contributed by atoms with E-state index in [1.165, 1.54) is 15.9 Å². The van der Waals surface area contributed by atoms with Crippen molar-refractivity contribution in [2.75, 3.05) is 0 Å². The van der Waals surface area contributed by atoms with Gasteiger partial charge in [0.15, 0.2) is 14.7 Å². The zero-order valence-corrected chi connectivity index (χ0v) is 29.2. The number of hydrogen-bond donors (Lipinski definition) is 0. The van der Waals surface area contributed by atoms with E-state index in [4.69, 9.17) is 4.42 Å². The molecule has 0 spiro atoms. The van der Waals surface area contributed by atoms with Crippen molar-refractivity contribution in [3.8, 4) is 0 Å². The van der Waals surface area contributed by atoms with Crippen LogP contribution in [0.15, 0.2) is 115 Å². The van der Waals surface area contributed by atoms with Crippen molar-refractivity contribution in [2.24, 2.45) is 0 Å². The molecule has 1 heterocycles. The summed E-state index contributed by atoms with van der Waals surface area (Å²) in [6.07, 6.45) is -8.14. The van der Waals surface area contributed by atoms with Gasteiger partial charge < -0.3 is 14.3 Å². The summed E-state index contributed by atoms with van der Waals surface area (Å²) in [6.45, 7) is 0. The molecule has 0 aliphatic rings. The summed E-state index contributed by atoms with van der Waals surface area (Å²) in [5.74, 6) is -95.1. The van der Waals surface area contributed by atoms with E-state index in [0.717, 1.165) is 10.3 Å². The normalized spacial score (nSPS) is 14.5. The van der Waals surface area contributed by atoms with Gasteiger partial charge in [-0.15, -0.1) is 0 Å². The van der Waals surface area contributed by atoms with Crippen molar-refractivity contribution >= 4 is 27.8 Å². The number of benzene rings is 3. The van der Waals surface area contributed by atoms with Crippen LogP contribution in [0.2, 0.25) is 0 Å². The highest BCUT2D eigenvalue weighted by Crippen LogP contribution is 2.67. The Labute approximate surface area is 324 Å². The van der Waals surface area contributed by atoms with Gasteiger partial charge in [0.05, 0.1) is 10.9 Å². The average Bonchev–Trinajstić information content (AvgIpc) is 3.14. The molecule has 0 N–H and O–H groups in total. The summed E-state index contributed by atoms with van der Waals surface area (Å²) < 4.78 is 303. The van der Waals surface area contributed by atoms with Crippen LogP contribution in [-0.4, -0.2) is 71.4 Å². The Morgan fingerprint density at radius 1 is 0.426 bits per heavy atom. The summed E-state index contributed by atoms with van der Waals surface area (Å²) in [5.41, 5.74) is 0.309. The van der Waals surface area contributed by atoms with Crippen LogP contribution in [-0.2, 0) is 15.7 Å². The number of carboxylic acids is 1. The molecule has 0 saturated heterocycles. The molecule has 0 fully saturated rings. The number of fused-ring (bicyclic) bond motifs is 1. The van der Waals surface area contributed by atoms with Gasteiger partial charge in [0.1, 0.15) is 11.6 Å². The Morgan fingerprint density at radius 2 is 0.754 bits per heavy atom. The van der Waals surface area contributed by atoms with E-state index in [2.05, 4.69) is 54.6 Å². The second-order valence-corrected chi connectivity index (χ2v) is 13.9. The molecule has 61 heavy (non-hydrogen) atoms. The lowest BCUT2D eigenvalue weighted by Gasteiger charge is -2.45. The Bertz CT molecular complexity index is 2200. The second kappa shape index (κ2) is 15.8. The van der Waals surface area contributed by atoms with Crippen molar-refractivity contribution in [3.63, 3.8) is 0 Å². The predicted molar refractivity (Wildman–Crippen MR) is 158 cm³/mol. The molecular weight excluding hydrogens is 929 g/mol.